The third kappa shape index (κ3) is 6.28. The normalized spacial score (nSPS) is 19.5. The molecule has 3 rings (SSSR count). The van der Waals surface area contributed by atoms with Crippen LogP contribution < -0.4 is 14.8 Å². The van der Waals surface area contributed by atoms with E-state index >= 15 is 0 Å². The van der Waals surface area contributed by atoms with E-state index in [1.54, 1.807) is 12.1 Å². The van der Waals surface area contributed by atoms with Crippen LogP contribution in [0.25, 0.3) is 0 Å². The lowest BCUT2D eigenvalue weighted by atomic mass is 9.93. The van der Waals surface area contributed by atoms with Crippen LogP contribution in [0.5, 0.6) is 5.75 Å². The van der Waals surface area contributed by atoms with Crippen LogP contribution in [0.4, 0.5) is 0 Å². The van der Waals surface area contributed by atoms with Crippen LogP contribution in [0, 0.1) is 5.92 Å². The molecule has 1 saturated heterocycles. The number of nitrogens with one attached hydrogen (secondary N) is 2. The highest BCUT2D eigenvalue weighted by Gasteiger charge is 2.27. The van der Waals surface area contributed by atoms with Crippen molar-refractivity contribution in [2.75, 3.05) is 13.7 Å². The zero-order valence-electron chi connectivity index (χ0n) is 16.3. The Bertz CT molecular complexity index is 900. The molecule has 0 saturated carbocycles. The molecule has 0 bridgehead atoms. The van der Waals surface area contributed by atoms with Gasteiger partial charge in [-0.05, 0) is 55.1 Å². The number of ether oxygens (including phenoxy) is 2. The standard InChI is InChI=1S/C21H26N2O5S/c1-27-18-7-9-19(10-8-18)29(25,26)23-20-13-17(11-12-22-20)14-21(24)28-15-16-5-3-2-4-6-16/h2-10,17,20,22-23H,11-15H2,1H3. The van der Waals surface area contributed by atoms with Gasteiger partial charge in [0.25, 0.3) is 0 Å². The molecule has 0 aliphatic carbocycles. The molecule has 1 fully saturated rings. The summed E-state index contributed by atoms with van der Waals surface area (Å²) in [5.41, 5.74) is 0.941. The SMILES string of the molecule is COc1ccc(S(=O)(=O)NC2CC(CC(=O)OCc3ccccc3)CCN2)cc1. The maximum Gasteiger partial charge on any atom is 0.306 e. The predicted molar refractivity (Wildman–Crippen MR) is 109 cm³/mol. The van der Waals surface area contributed by atoms with E-state index < -0.39 is 16.2 Å². The first-order valence-electron chi connectivity index (χ1n) is 9.55. The molecule has 2 unspecified atom stereocenters. The van der Waals surface area contributed by atoms with Gasteiger partial charge in [-0.2, -0.15) is 4.72 Å². The summed E-state index contributed by atoms with van der Waals surface area (Å²) in [7, 11) is -2.14. The molecule has 8 heteroatoms. The number of benzene rings is 2. The van der Waals surface area contributed by atoms with E-state index in [2.05, 4.69) is 10.0 Å². The average Bonchev–Trinajstić information content (AvgIpc) is 2.73. The number of piperidine rings is 1. The lowest BCUT2D eigenvalue weighted by Crippen LogP contribution is -2.50. The average molecular weight is 419 g/mol. The molecule has 2 atom stereocenters. The fourth-order valence-electron chi connectivity index (χ4n) is 3.31. The lowest BCUT2D eigenvalue weighted by molar-refractivity contribution is -0.146. The van der Waals surface area contributed by atoms with E-state index in [-0.39, 0.29) is 29.8 Å². The first kappa shape index (κ1) is 21.3. The molecular weight excluding hydrogens is 392 g/mol. The fourth-order valence-corrected chi connectivity index (χ4v) is 4.50. The Kier molecular flexibility index (Phi) is 7.24. The summed E-state index contributed by atoms with van der Waals surface area (Å²) in [6.07, 6.45) is 1.16. The highest BCUT2D eigenvalue weighted by atomic mass is 32.2. The van der Waals surface area contributed by atoms with Crippen molar-refractivity contribution in [3.63, 3.8) is 0 Å². The number of methoxy groups -OCH3 is 1. The first-order valence-corrected chi connectivity index (χ1v) is 11.0. The molecule has 156 valence electrons. The van der Waals surface area contributed by atoms with Crippen LogP contribution in [0.15, 0.2) is 59.5 Å². The minimum absolute atomic E-state index is 0.0584. The van der Waals surface area contributed by atoms with Crippen molar-refractivity contribution in [2.45, 2.75) is 36.9 Å². The molecule has 1 heterocycles. The summed E-state index contributed by atoms with van der Waals surface area (Å²) in [6.45, 7) is 0.880. The molecule has 0 amide bonds. The monoisotopic (exact) mass is 418 g/mol. The summed E-state index contributed by atoms with van der Waals surface area (Å²) in [6, 6.07) is 15.7. The quantitative estimate of drug-likeness (QED) is 0.640. The van der Waals surface area contributed by atoms with Crippen LogP contribution >= 0.6 is 0 Å². The highest BCUT2D eigenvalue weighted by Crippen LogP contribution is 2.22. The molecule has 0 spiro atoms. The zero-order valence-corrected chi connectivity index (χ0v) is 17.2. The van der Waals surface area contributed by atoms with Crippen molar-refractivity contribution in [2.24, 2.45) is 5.92 Å². The molecule has 29 heavy (non-hydrogen) atoms. The topological polar surface area (TPSA) is 93.7 Å². The van der Waals surface area contributed by atoms with Crippen LogP contribution in [0.2, 0.25) is 0 Å². The van der Waals surface area contributed by atoms with E-state index in [0.29, 0.717) is 18.7 Å². The number of hydrogen-bond acceptors (Lipinski definition) is 6. The van der Waals surface area contributed by atoms with Gasteiger partial charge in [0.15, 0.2) is 0 Å². The molecule has 2 aromatic carbocycles. The lowest BCUT2D eigenvalue weighted by Gasteiger charge is -2.30. The molecule has 7 nitrogen and oxygen atoms in total. The molecular formula is C21H26N2O5S. The Labute approximate surface area is 171 Å². The number of esters is 1. The Morgan fingerprint density at radius 3 is 2.55 bits per heavy atom. The molecule has 2 aromatic rings. The number of hydrogen-bond donors (Lipinski definition) is 2. The van der Waals surface area contributed by atoms with Crippen molar-refractivity contribution in [1.82, 2.24) is 10.0 Å². The first-order chi connectivity index (χ1) is 14.0. The van der Waals surface area contributed by atoms with Gasteiger partial charge >= 0.3 is 5.97 Å². The van der Waals surface area contributed by atoms with Gasteiger partial charge in [-0.25, -0.2) is 8.42 Å². The molecule has 0 radical (unpaired) electrons. The van der Waals surface area contributed by atoms with Gasteiger partial charge < -0.3 is 14.8 Å². The summed E-state index contributed by atoms with van der Waals surface area (Å²) < 4.78 is 38.3. The van der Waals surface area contributed by atoms with Gasteiger partial charge in [0.1, 0.15) is 12.4 Å². The molecule has 1 aliphatic heterocycles. The summed E-state index contributed by atoms with van der Waals surface area (Å²) in [5, 5.41) is 3.16. The molecule has 0 aromatic heterocycles. The zero-order chi connectivity index (χ0) is 20.7. The Hall–Kier alpha value is -2.42. The fraction of sp³-hybridized carbons (Fsp3) is 0.381. The maximum absolute atomic E-state index is 12.6. The minimum Gasteiger partial charge on any atom is -0.497 e. The van der Waals surface area contributed by atoms with Gasteiger partial charge in [0, 0.05) is 6.42 Å². The van der Waals surface area contributed by atoms with Crippen LogP contribution in [0.3, 0.4) is 0 Å². The van der Waals surface area contributed by atoms with Crippen molar-refractivity contribution >= 4 is 16.0 Å². The van der Waals surface area contributed by atoms with E-state index in [9.17, 15) is 13.2 Å². The van der Waals surface area contributed by atoms with Crippen molar-refractivity contribution in [1.29, 1.82) is 0 Å². The van der Waals surface area contributed by atoms with Crippen molar-refractivity contribution in [3.8, 4) is 5.75 Å². The predicted octanol–water partition coefficient (Wildman–Crippen LogP) is 2.43. The second-order valence-electron chi connectivity index (χ2n) is 7.04. The Morgan fingerprint density at radius 1 is 1.14 bits per heavy atom. The van der Waals surface area contributed by atoms with Crippen LogP contribution in [-0.2, 0) is 26.2 Å². The molecule has 1 aliphatic rings. The number of rotatable bonds is 8. The largest absolute Gasteiger partial charge is 0.497 e. The van der Waals surface area contributed by atoms with Gasteiger partial charge in [0.05, 0.1) is 18.2 Å². The minimum atomic E-state index is -3.67. The summed E-state index contributed by atoms with van der Waals surface area (Å²) in [4.78, 5) is 12.3. The van der Waals surface area contributed by atoms with E-state index in [1.165, 1.54) is 19.2 Å². The molecule has 2 N–H and O–H groups in total. The van der Waals surface area contributed by atoms with E-state index in [0.717, 1.165) is 12.0 Å². The van der Waals surface area contributed by atoms with Crippen molar-refractivity contribution < 1.29 is 22.7 Å². The third-order valence-corrected chi connectivity index (χ3v) is 6.37. The third-order valence-electron chi connectivity index (χ3n) is 4.88. The maximum atomic E-state index is 12.6. The van der Waals surface area contributed by atoms with Gasteiger partial charge in [-0.3, -0.25) is 4.79 Å². The Balaban J connectivity index is 1.51. The number of sulfonamides is 1. The second-order valence-corrected chi connectivity index (χ2v) is 8.76. The Morgan fingerprint density at radius 2 is 1.86 bits per heavy atom. The van der Waals surface area contributed by atoms with Crippen LogP contribution in [-0.4, -0.2) is 34.2 Å². The van der Waals surface area contributed by atoms with E-state index in [4.69, 9.17) is 9.47 Å². The number of carbonyl (C=O) groups is 1. The smallest absolute Gasteiger partial charge is 0.306 e. The van der Waals surface area contributed by atoms with Gasteiger partial charge in [0.2, 0.25) is 10.0 Å². The van der Waals surface area contributed by atoms with Gasteiger partial charge in [-0.15, -0.1) is 0 Å². The van der Waals surface area contributed by atoms with Crippen molar-refractivity contribution in [3.05, 3.63) is 60.2 Å². The van der Waals surface area contributed by atoms with Crippen LogP contribution in [0.1, 0.15) is 24.8 Å². The van der Waals surface area contributed by atoms with E-state index in [1.807, 2.05) is 30.3 Å². The van der Waals surface area contributed by atoms with Gasteiger partial charge in [-0.1, -0.05) is 30.3 Å². The summed E-state index contributed by atoms with van der Waals surface area (Å²) >= 11 is 0. The summed E-state index contributed by atoms with van der Waals surface area (Å²) in [5.74, 6) is 0.384. The number of carbonyl (C=O) groups excluding carboxylic acids is 1. The second kappa shape index (κ2) is 9.87. The highest BCUT2D eigenvalue weighted by molar-refractivity contribution is 7.89.